The molecule has 30 heavy (non-hydrogen) atoms. The lowest BCUT2D eigenvalue weighted by Gasteiger charge is -2.27. The Balaban J connectivity index is 1.43. The highest BCUT2D eigenvalue weighted by atomic mass is 32.2. The number of benzene rings is 2. The van der Waals surface area contributed by atoms with E-state index in [1.54, 1.807) is 47.7 Å². The number of fused-ring (bicyclic) bond motifs is 1. The first kappa shape index (κ1) is 20.4. The molecule has 0 bridgehead atoms. The van der Waals surface area contributed by atoms with Crippen molar-refractivity contribution in [1.82, 2.24) is 4.90 Å². The predicted molar refractivity (Wildman–Crippen MR) is 118 cm³/mol. The lowest BCUT2D eigenvalue weighted by atomic mass is 10.1. The summed E-state index contributed by atoms with van der Waals surface area (Å²) < 4.78 is 33.1. The van der Waals surface area contributed by atoms with Gasteiger partial charge in [-0.05, 0) is 78.9 Å². The molecule has 1 N–H and O–H groups in total. The van der Waals surface area contributed by atoms with E-state index in [0.29, 0.717) is 36.7 Å². The molecule has 1 aliphatic rings. The van der Waals surface area contributed by atoms with Crippen molar-refractivity contribution in [3.8, 4) is 5.75 Å². The Morgan fingerprint density at radius 1 is 1.10 bits per heavy atom. The first-order valence-electron chi connectivity index (χ1n) is 9.66. The zero-order chi connectivity index (χ0) is 21.1. The quantitative estimate of drug-likeness (QED) is 0.622. The fraction of sp³-hybridized carbons (Fsp3) is 0.227. The van der Waals surface area contributed by atoms with Crippen molar-refractivity contribution in [3.05, 3.63) is 76.0 Å². The van der Waals surface area contributed by atoms with Gasteiger partial charge >= 0.3 is 0 Å². The van der Waals surface area contributed by atoms with Crippen LogP contribution in [0, 0.1) is 0 Å². The van der Waals surface area contributed by atoms with Crippen molar-refractivity contribution in [3.63, 3.8) is 0 Å². The zero-order valence-corrected chi connectivity index (χ0v) is 18.1. The standard InChI is InChI=1S/C22H22N2O4S2/c1-2-28-19-7-9-20(10-8-19)30(26,27)23-18-5-3-16(4-6-18)22(25)24-13-11-21-17(15-24)12-14-29-21/h3-10,12,14,23H,2,11,13,15H2,1H3. The predicted octanol–water partition coefficient (Wildman–Crippen LogP) is 4.15. The van der Waals surface area contributed by atoms with Crippen LogP contribution in [0.15, 0.2) is 64.9 Å². The zero-order valence-electron chi connectivity index (χ0n) is 16.5. The molecule has 0 fully saturated rings. The number of nitrogens with zero attached hydrogens (tertiary/aromatic N) is 1. The van der Waals surface area contributed by atoms with E-state index >= 15 is 0 Å². The Labute approximate surface area is 180 Å². The number of sulfonamides is 1. The monoisotopic (exact) mass is 442 g/mol. The van der Waals surface area contributed by atoms with Gasteiger partial charge in [0.15, 0.2) is 0 Å². The maximum absolute atomic E-state index is 12.8. The minimum absolute atomic E-state index is 0.0484. The molecule has 0 unspecified atom stereocenters. The van der Waals surface area contributed by atoms with E-state index in [2.05, 4.69) is 16.2 Å². The average molecular weight is 443 g/mol. The highest BCUT2D eigenvalue weighted by Crippen LogP contribution is 2.25. The van der Waals surface area contributed by atoms with Gasteiger partial charge in [-0.3, -0.25) is 9.52 Å². The number of carbonyl (C=O) groups is 1. The molecule has 0 radical (unpaired) electrons. The Kier molecular flexibility index (Phi) is 5.78. The number of amides is 1. The van der Waals surface area contributed by atoms with E-state index in [4.69, 9.17) is 4.74 Å². The molecule has 2 heterocycles. The Bertz CT molecular complexity index is 1140. The van der Waals surface area contributed by atoms with Gasteiger partial charge < -0.3 is 9.64 Å². The van der Waals surface area contributed by atoms with Gasteiger partial charge in [-0.1, -0.05) is 0 Å². The molecule has 8 heteroatoms. The van der Waals surface area contributed by atoms with Crippen LogP contribution < -0.4 is 9.46 Å². The lowest BCUT2D eigenvalue weighted by Crippen LogP contribution is -2.35. The van der Waals surface area contributed by atoms with Crippen LogP contribution in [0.5, 0.6) is 5.75 Å². The van der Waals surface area contributed by atoms with Crippen LogP contribution in [0.25, 0.3) is 0 Å². The third-order valence-corrected chi connectivity index (χ3v) is 7.34. The molecule has 0 saturated heterocycles. The number of anilines is 1. The van der Waals surface area contributed by atoms with Crippen LogP contribution in [0.2, 0.25) is 0 Å². The fourth-order valence-corrected chi connectivity index (χ4v) is 5.33. The summed E-state index contributed by atoms with van der Waals surface area (Å²) in [5.41, 5.74) is 2.15. The minimum Gasteiger partial charge on any atom is -0.494 e. The van der Waals surface area contributed by atoms with Crippen molar-refractivity contribution < 1.29 is 17.9 Å². The smallest absolute Gasteiger partial charge is 0.261 e. The SMILES string of the molecule is CCOc1ccc(S(=O)(=O)Nc2ccc(C(=O)N3CCc4sccc4C3)cc2)cc1. The first-order valence-corrected chi connectivity index (χ1v) is 12.0. The van der Waals surface area contributed by atoms with Crippen LogP contribution in [-0.4, -0.2) is 32.4 Å². The molecule has 0 spiro atoms. The number of rotatable bonds is 6. The molecular weight excluding hydrogens is 420 g/mol. The molecule has 1 aromatic heterocycles. The van der Waals surface area contributed by atoms with Gasteiger partial charge in [0.25, 0.3) is 15.9 Å². The van der Waals surface area contributed by atoms with E-state index in [0.717, 1.165) is 6.42 Å². The number of carbonyl (C=O) groups excluding carboxylic acids is 1. The summed E-state index contributed by atoms with van der Waals surface area (Å²) >= 11 is 1.73. The second-order valence-corrected chi connectivity index (χ2v) is 9.62. The third kappa shape index (κ3) is 4.34. The topological polar surface area (TPSA) is 75.7 Å². The molecule has 2 aromatic carbocycles. The summed E-state index contributed by atoms with van der Waals surface area (Å²) in [4.78, 5) is 16.1. The van der Waals surface area contributed by atoms with E-state index in [-0.39, 0.29) is 10.8 Å². The minimum atomic E-state index is -3.73. The summed E-state index contributed by atoms with van der Waals surface area (Å²) in [5.74, 6) is 0.569. The fourth-order valence-electron chi connectivity index (χ4n) is 3.38. The molecule has 4 rings (SSSR count). The maximum Gasteiger partial charge on any atom is 0.261 e. The van der Waals surface area contributed by atoms with Crippen LogP contribution in [0.3, 0.4) is 0 Å². The summed E-state index contributed by atoms with van der Waals surface area (Å²) in [7, 11) is -3.73. The van der Waals surface area contributed by atoms with Crippen LogP contribution >= 0.6 is 11.3 Å². The number of ether oxygens (including phenoxy) is 1. The Hall–Kier alpha value is -2.84. The van der Waals surface area contributed by atoms with Crippen molar-refractivity contribution in [2.75, 3.05) is 17.9 Å². The summed E-state index contributed by atoms with van der Waals surface area (Å²) in [6, 6.07) is 14.8. The van der Waals surface area contributed by atoms with Gasteiger partial charge in [-0.2, -0.15) is 0 Å². The second-order valence-electron chi connectivity index (χ2n) is 6.93. The van der Waals surface area contributed by atoms with E-state index in [1.807, 2.05) is 11.8 Å². The molecule has 0 saturated carbocycles. The number of hydrogen-bond acceptors (Lipinski definition) is 5. The first-order chi connectivity index (χ1) is 14.5. The summed E-state index contributed by atoms with van der Waals surface area (Å²) in [6.07, 6.45) is 0.874. The average Bonchev–Trinajstić information content (AvgIpc) is 3.22. The molecule has 1 amide bonds. The maximum atomic E-state index is 12.8. The van der Waals surface area contributed by atoms with E-state index in [9.17, 15) is 13.2 Å². The number of nitrogens with one attached hydrogen (secondary N) is 1. The molecule has 156 valence electrons. The highest BCUT2D eigenvalue weighted by Gasteiger charge is 2.22. The highest BCUT2D eigenvalue weighted by molar-refractivity contribution is 7.92. The van der Waals surface area contributed by atoms with Crippen molar-refractivity contribution >= 4 is 33.0 Å². The molecular formula is C22H22N2O4S2. The summed E-state index contributed by atoms with van der Waals surface area (Å²) in [5, 5.41) is 2.06. The van der Waals surface area contributed by atoms with Crippen molar-refractivity contribution in [2.45, 2.75) is 24.8 Å². The second kappa shape index (κ2) is 8.49. The van der Waals surface area contributed by atoms with E-state index < -0.39 is 10.0 Å². The van der Waals surface area contributed by atoms with Gasteiger partial charge in [-0.15, -0.1) is 11.3 Å². The molecule has 1 aliphatic heterocycles. The van der Waals surface area contributed by atoms with E-state index in [1.165, 1.54) is 22.6 Å². The van der Waals surface area contributed by atoms with Crippen LogP contribution in [0.4, 0.5) is 5.69 Å². The van der Waals surface area contributed by atoms with Crippen molar-refractivity contribution in [2.24, 2.45) is 0 Å². The number of thiophene rings is 1. The molecule has 0 atom stereocenters. The lowest BCUT2D eigenvalue weighted by molar-refractivity contribution is 0.0736. The Morgan fingerprint density at radius 3 is 2.53 bits per heavy atom. The van der Waals surface area contributed by atoms with Gasteiger partial charge in [-0.25, -0.2) is 8.42 Å². The largest absolute Gasteiger partial charge is 0.494 e. The summed E-state index contributed by atoms with van der Waals surface area (Å²) in [6.45, 7) is 3.69. The van der Waals surface area contributed by atoms with Gasteiger partial charge in [0.1, 0.15) is 5.75 Å². The molecule has 6 nitrogen and oxygen atoms in total. The van der Waals surface area contributed by atoms with Gasteiger partial charge in [0.2, 0.25) is 0 Å². The van der Waals surface area contributed by atoms with Gasteiger partial charge in [0.05, 0.1) is 11.5 Å². The Morgan fingerprint density at radius 2 is 1.83 bits per heavy atom. The van der Waals surface area contributed by atoms with Crippen LogP contribution in [-0.2, 0) is 23.0 Å². The van der Waals surface area contributed by atoms with Crippen molar-refractivity contribution in [1.29, 1.82) is 0 Å². The number of hydrogen-bond donors (Lipinski definition) is 1. The van der Waals surface area contributed by atoms with Crippen LogP contribution in [0.1, 0.15) is 27.7 Å². The normalized spacial score (nSPS) is 13.6. The van der Waals surface area contributed by atoms with Gasteiger partial charge in [0, 0.05) is 29.2 Å². The third-order valence-electron chi connectivity index (χ3n) is 4.92. The molecule has 0 aliphatic carbocycles. The molecule has 3 aromatic rings.